The molecule has 0 saturated carbocycles. The molecule has 1 aromatic heterocycles. The molecule has 0 amide bonds. The number of nitro groups is 1. The number of guanidine groups is 1. The van der Waals surface area contributed by atoms with Crippen molar-refractivity contribution in [3.8, 4) is 0 Å². The van der Waals surface area contributed by atoms with Crippen LogP contribution in [0.1, 0.15) is 0 Å². The molecule has 0 aromatic carbocycles. The zero-order valence-corrected chi connectivity index (χ0v) is 7.87. The highest BCUT2D eigenvalue weighted by Crippen LogP contribution is 2.24. The minimum Gasteiger partial charge on any atom is -0.354 e. The lowest BCUT2D eigenvalue weighted by atomic mass is 10.7. The number of rotatable bonds is 2. The predicted molar refractivity (Wildman–Crippen MR) is 52.7 cm³/mol. The van der Waals surface area contributed by atoms with Crippen LogP contribution in [-0.4, -0.2) is 29.0 Å². The minimum absolute atomic E-state index is 0.0195. The number of hydrogen-bond acceptors (Lipinski definition) is 7. The smallest absolute Gasteiger partial charge is 0.345 e. The summed E-state index contributed by atoms with van der Waals surface area (Å²) in [6, 6.07) is 0. The summed E-state index contributed by atoms with van der Waals surface area (Å²) >= 11 is 0.986. The topological polar surface area (TPSA) is 92.5 Å². The van der Waals surface area contributed by atoms with E-state index in [1.165, 1.54) is 6.20 Å². The quantitative estimate of drug-likeness (QED) is 0.548. The molecule has 1 aliphatic rings. The molecule has 2 rings (SSSR count). The van der Waals surface area contributed by atoms with Gasteiger partial charge in [-0.15, -0.1) is 0 Å². The van der Waals surface area contributed by atoms with Gasteiger partial charge in [0.15, 0.2) is 11.1 Å². The number of anilines is 1. The average Bonchev–Trinajstić information content (AvgIpc) is 2.75. The van der Waals surface area contributed by atoms with Crippen LogP contribution in [0.5, 0.6) is 0 Å². The van der Waals surface area contributed by atoms with Crippen molar-refractivity contribution in [2.45, 2.75) is 0 Å². The largest absolute Gasteiger partial charge is 0.354 e. The molecule has 2 heterocycles. The van der Waals surface area contributed by atoms with Crippen molar-refractivity contribution >= 4 is 27.4 Å². The Balaban J connectivity index is 2.06. The third-order valence-corrected chi connectivity index (χ3v) is 2.44. The highest BCUT2D eigenvalue weighted by molar-refractivity contribution is 7.18. The highest BCUT2D eigenvalue weighted by atomic mass is 32.1. The number of nitrogens with zero attached hydrogens (tertiary/aromatic N) is 3. The molecular formula is C6H7N5O2S. The molecule has 8 heteroatoms. The highest BCUT2D eigenvalue weighted by Gasteiger charge is 2.13. The molecule has 0 aliphatic carbocycles. The minimum atomic E-state index is -0.466. The first-order valence-electron chi connectivity index (χ1n) is 3.91. The molecule has 0 atom stereocenters. The van der Waals surface area contributed by atoms with Crippen LogP contribution in [0, 0.1) is 10.1 Å². The van der Waals surface area contributed by atoms with Gasteiger partial charge in [0.1, 0.15) is 6.20 Å². The van der Waals surface area contributed by atoms with E-state index < -0.39 is 4.92 Å². The third kappa shape index (κ3) is 1.79. The van der Waals surface area contributed by atoms with Crippen LogP contribution in [0.3, 0.4) is 0 Å². The maximum absolute atomic E-state index is 10.4. The molecular weight excluding hydrogens is 206 g/mol. The Morgan fingerprint density at radius 2 is 2.57 bits per heavy atom. The van der Waals surface area contributed by atoms with E-state index in [9.17, 15) is 10.1 Å². The Morgan fingerprint density at radius 1 is 1.71 bits per heavy atom. The predicted octanol–water partition coefficient (Wildman–Crippen LogP) is 0.422. The Hall–Kier alpha value is -1.70. The summed E-state index contributed by atoms with van der Waals surface area (Å²) in [5.74, 6) is 0.620. The van der Waals surface area contributed by atoms with Crippen LogP contribution in [0.2, 0.25) is 0 Å². The van der Waals surface area contributed by atoms with Crippen LogP contribution >= 0.6 is 11.3 Å². The van der Waals surface area contributed by atoms with Gasteiger partial charge in [-0.25, -0.2) is 4.98 Å². The van der Waals surface area contributed by atoms with E-state index in [1.807, 2.05) is 0 Å². The van der Waals surface area contributed by atoms with Crippen molar-refractivity contribution in [3.05, 3.63) is 16.3 Å². The molecule has 0 fully saturated rings. The second kappa shape index (κ2) is 3.58. The molecule has 1 aliphatic heterocycles. The monoisotopic (exact) mass is 213 g/mol. The molecule has 0 unspecified atom stereocenters. The maximum atomic E-state index is 10.4. The number of thiazole rings is 1. The van der Waals surface area contributed by atoms with E-state index in [0.717, 1.165) is 24.4 Å². The van der Waals surface area contributed by atoms with Crippen molar-refractivity contribution in [2.75, 3.05) is 18.4 Å². The van der Waals surface area contributed by atoms with Gasteiger partial charge in [-0.2, -0.15) is 0 Å². The lowest BCUT2D eigenvalue weighted by Crippen LogP contribution is -2.25. The van der Waals surface area contributed by atoms with Gasteiger partial charge >= 0.3 is 5.00 Å². The summed E-state index contributed by atoms with van der Waals surface area (Å²) in [6.45, 7) is 1.51. The summed E-state index contributed by atoms with van der Waals surface area (Å²) in [5, 5.41) is 16.7. The molecule has 0 saturated heterocycles. The third-order valence-electron chi connectivity index (χ3n) is 1.57. The van der Waals surface area contributed by atoms with Gasteiger partial charge in [0.05, 0.1) is 11.5 Å². The SMILES string of the molecule is O=[N+]([O-])c1cnc(NC2=NCCN2)s1. The Bertz CT molecular complexity index is 387. The molecule has 7 nitrogen and oxygen atoms in total. The first kappa shape index (κ1) is 8.88. The lowest BCUT2D eigenvalue weighted by molar-refractivity contribution is -0.380. The van der Waals surface area contributed by atoms with Gasteiger partial charge < -0.3 is 10.6 Å². The van der Waals surface area contributed by atoms with E-state index in [-0.39, 0.29) is 5.00 Å². The fourth-order valence-corrected chi connectivity index (χ4v) is 1.62. The standard InChI is InChI=1S/C6H7N5O2S/c12-11(13)4-3-9-6(14-4)10-5-7-1-2-8-5/h3H,1-2H2,(H2,7,8,9,10). The zero-order valence-electron chi connectivity index (χ0n) is 7.06. The van der Waals surface area contributed by atoms with Gasteiger partial charge in [-0.05, 0) is 11.3 Å². The summed E-state index contributed by atoms with van der Waals surface area (Å²) in [6.07, 6.45) is 1.22. The molecule has 0 radical (unpaired) electrons. The average molecular weight is 213 g/mol. The van der Waals surface area contributed by atoms with Gasteiger partial charge in [-0.1, -0.05) is 0 Å². The zero-order chi connectivity index (χ0) is 9.97. The van der Waals surface area contributed by atoms with Crippen molar-refractivity contribution in [2.24, 2.45) is 4.99 Å². The van der Waals surface area contributed by atoms with Crippen LogP contribution in [-0.2, 0) is 0 Å². The first-order valence-corrected chi connectivity index (χ1v) is 4.73. The number of aromatic nitrogens is 1. The fraction of sp³-hybridized carbons (Fsp3) is 0.333. The van der Waals surface area contributed by atoms with Gasteiger partial charge in [-0.3, -0.25) is 15.1 Å². The fourth-order valence-electron chi connectivity index (χ4n) is 0.991. The van der Waals surface area contributed by atoms with E-state index in [1.54, 1.807) is 0 Å². The summed E-state index contributed by atoms with van der Waals surface area (Å²) in [7, 11) is 0. The summed E-state index contributed by atoms with van der Waals surface area (Å²) in [5.41, 5.74) is 0. The number of nitrogens with one attached hydrogen (secondary N) is 2. The number of aliphatic imine (C=N–C) groups is 1. The Kier molecular flexibility index (Phi) is 2.27. The van der Waals surface area contributed by atoms with Crippen molar-refractivity contribution in [1.29, 1.82) is 0 Å². The molecule has 1 aromatic rings. The van der Waals surface area contributed by atoms with E-state index in [0.29, 0.717) is 11.1 Å². The van der Waals surface area contributed by atoms with Crippen LogP contribution in [0.25, 0.3) is 0 Å². The van der Waals surface area contributed by atoms with Gasteiger partial charge in [0, 0.05) is 6.54 Å². The first-order chi connectivity index (χ1) is 6.75. The molecule has 14 heavy (non-hydrogen) atoms. The van der Waals surface area contributed by atoms with E-state index in [2.05, 4.69) is 20.6 Å². The lowest BCUT2D eigenvalue weighted by Gasteiger charge is -2.00. The van der Waals surface area contributed by atoms with Crippen molar-refractivity contribution < 1.29 is 4.92 Å². The van der Waals surface area contributed by atoms with E-state index in [4.69, 9.17) is 0 Å². The summed E-state index contributed by atoms with van der Waals surface area (Å²) in [4.78, 5) is 17.8. The van der Waals surface area contributed by atoms with Crippen LogP contribution in [0.4, 0.5) is 10.1 Å². The second-order valence-electron chi connectivity index (χ2n) is 2.54. The molecule has 74 valence electrons. The van der Waals surface area contributed by atoms with Gasteiger partial charge in [0.2, 0.25) is 0 Å². The normalized spacial score (nSPS) is 14.7. The number of hydrogen-bond donors (Lipinski definition) is 2. The van der Waals surface area contributed by atoms with Crippen LogP contribution < -0.4 is 10.6 Å². The molecule has 0 bridgehead atoms. The van der Waals surface area contributed by atoms with Crippen molar-refractivity contribution in [1.82, 2.24) is 10.3 Å². The van der Waals surface area contributed by atoms with Gasteiger partial charge in [0.25, 0.3) is 0 Å². The van der Waals surface area contributed by atoms with Crippen molar-refractivity contribution in [3.63, 3.8) is 0 Å². The molecule has 2 N–H and O–H groups in total. The van der Waals surface area contributed by atoms with E-state index >= 15 is 0 Å². The Morgan fingerprint density at radius 3 is 3.14 bits per heavy atom. The summed E-state index contributed by atoms with van der Waals surface area (Å²) < 4.78 is 0. The van der Waals surface area contributed by atoms with Crippen LogP contribution in [0.15, 0.2) is 11.2 Å². The maximum Gasteiger partial charge on any atom is 0.345 e. The Labute approximate surface area is 83.0 Å². The second-order valence-corrected chi connectivity index (χ2v) is 3.55. The molecule has 0 spiro atoms.